The van der Waals surface area contributed by atoms with Gasteiger partial charge in [0.15, 0.2) is 0 Å². The van der Waals surface area contributed by atoms with E-state index in [0.29, 0.717) is 25.9 Å². The average Bonchev–Trinajstić information content (AvgIpc) is 2.61. The topological polar surface area (TPSA) is 66.8 Å². The van der Waals surface area contributed by atoms with Crippen LogP contribution in [0.4, 0.5) is 0 Å². The number of rotatable bonds is 3. The first-order chi connectivity index (χ1) is 8.37. The summed E-state index contributed by atoms with van der Waals surface area (Å²) in [5.74, 6) is -1.17. The van der Waals surface area contributed by atoms with Crippen LogP contribution in [-0.4, -0.2) is 46.7 Å². The largest absolute Gasteiger partial charge is 0.481 e. The standard InChI is InChI=1S/C13H21NO4/c1-13(2)6-5-10(18-13)8-14-7-9(12(16)17)3-4-11(14)15/h9-10H,3-8H2,1-2H3,(H,16,17). The van der Waals surface area contributed by atoms with Crippen LogP contribution < -0.4 is 0 Å². The van der Waals surface area contributed by atoms with Gasteiger partial charge in [0, 0.05) is 19.5 Å². The number of carboxylic acid groups (broad SMARTS) is 1. The van der Waals surface area contributed by atoms with E-state index in [4.69, 9.17) is 9.84 Å². The van der Waals surface area contributed by atoms with Crippen molar-refractivity contribution in [2.75, 3.05) is 13.1 Å². The predicted octanol–water partition coefficient (Wildman–Crippen LogP) is 1.27. The third kappa shape index (κ3) is 3.02. The van der Waals surface area contributed by atoms with Crippen molar-refractivity contribution in [2.24, 2.45) is 5.92 Å². The van der Waals surface area contributed by atoms with Gasteiger partial charge in [-0.1, -0.05) is 0 Å². The predicted molar refractivity (Wildman–Crippen MR) is 65.1 cm³/mol. The lowest BCUT2D eigenvalue weighted by Crippen LogP contribution is -2.46. The lowest BCUT2D eigenvalue weighted by molar-refractivity contribution is -0.148. The maximum atomic E-state index is 11.8. The number of hydrogen-bond donors (Lipinski definition) is 1. The fourth-order valence-electron chi connectivity index (χ4n) is 2.74. The van der Waals surface area contributed by atoms with Gasteiger partial charge in [0.2, 0.25) is 5.91 Å². The van der Waals surface area contributed by atoms with E-state index in [9.17, 15) is 9.59 Å². The van der Waals surface area contributed by atoms with Gasteiger partial charge in [0.05, 0.1) is 17.6 Å². The summed E-state index contributed by atoms with van der Waals surface area (Å²) < 4.78 is 5.85. The lowest BCUT2D eigenvalue weighted by atomic mass is 9.97. The molecule has 0 aliphatic carbocycles. The van der Waals surface area contributed by atoms with Crippen molar-refractivity contribution >= 4 is 11.9 Å². The zero-order valence-corrected chi connectivity index (χ0v) is 11.0. The Balaban J connectivity index is 1.91. The Morgan fingerprint density at radius 3 is 2.78 bits per heavy atom. The van der Waals surface area contributed by atoms with Crippen LogP contribution >= 0.6 is 0 Å². The Morgan fingerprint density at radius 1 is 1.50 bits per heavy atom. The highest BCUT2D eigenvalue weighted by molar-refractivity contribution is 5.80. The summed E-state index contributed by atoms with van der Waals surface area (Å²) >= 11 is 0. The van der Waals surface area contributed by atoms with E-state index in [1.54, 1.807) is 4.90 Å². The van der Waals surface area contributed by atoms with Crippen molar-refractivity contribution in [1.29, 1.82) is 0 Å². The van der Waals surface area contributed by atoms with Gasteiger partial charge >= 0.3 is 5.97 Å². The van der Waals surface area contributed by atoms with Crippen LogP contribution in [-0.2, 0) is 14.3 Å². The summed E-state index contributed by atoms with van der Waals surface area (Å²) in [4.78, 5) is 24.4. The number of ether oxygens (including phenoxy) is 1. The van der Waals surface area contributed by atoms with Crippen LogP contribution in [0.2, 0.25) is 0 Å². The molecule has 0 radical (unpaired) electrons. The van der Waals surface area contributed by atoms with Gasteiger partial charge in [0.1, 0.15) is 0 Å². The number of piperidine rings is 1. The van der Waals surface area contributed by atoms with Gasteiger partial charge in [-0.25, -0.2) is 0 Å². The second kappa shape index (κ2) is 4.88. The molecule has 2 unspecified atom stereocenters. The van der Waals surface area contributed by atoms with Gasteiger partial charge < -0.3 is 14.7 Å². The summed E-state index contributed by atoms with van der Waals surface area (Å²) in [6.45, 7) is 4.96. The molecule has 2 fully saturated rings. The quantitative estimate of drug-likeness (QED) is 0.824. The molecule has 2 aliphatic heterocycles. The van der Waals surface area contributed by atoms with E-state index in [1.165, 1.54) is 0 Å². The van der Waals surface area contributed by atoms with Crippen molar-refractivity contribution in [3.63, 3.8) is 0 Å². The summed E-state index contributed by atoms with van der Waals surface area (Å²) in [6.07, 6.45) is 2.78. The number of carboxylic acids is 1. The molecule has 1 N–H and O–H groups in total. The second-order valence-corrected chi connectivity index (χ2v) is 5.91. The minimum absolute atomic E-state index is 0.0523. The zero-order chi connectivity index (χ0) is 13.3. The Bertz CT molecular complexity index is 353. The van der Waals surface area contributed by atoms with Gasteiger partial charge in [-0.3, -0.25) is 9.59 Å². The van der Waals surface area contributed by atoms with Crippen LogP contribution in [0.3, 0.4) is 0 Å². The normalized spacial score (nSPS) is 31.7. The third-order valence-corrected chi connectivity index (χ3v) is 3.83. The van der Waals surface area contributed by atoms with Crippen LogP contribution in [0.15, 0.2) is 0 Å². The molecule has 2 aliphatic rings. The minimum Gasteiger partial charge on any atom is -0.481 e. The summed E-state index contributed by atoms with van der Waals surface area (Å²) in [5.41, 5.74) is -0.115. The van der Waals surface area contributed by atoms with Crippen molar-refractivity contribution in [1.82, 2.24) is 4.90 Å². The van der Waals surface area contributed by atoms with Crippen molar-refractivity contribution < 1.29 is 19.4 Å². The molecule has 2 saturated heterocycles. The lowest BCUT2D eigenvalue weighted by Gasteiger charge is -2.32. The van der Waals surface area contributed by atoms with Crippen molar-refractivity contribution in [3.05, 3.63) is 0 Å². The highest BCUT2D eigenvalue weighted by Gasteiger charge is 2.36. The molecule has 2 heterocycles. The number of aliphatic carboxylic acids is 1. The molecule has 2 atom stereocenters. The number of amides is 1. The van der Waals surface area contributed by atoms with Gasteiger partial charge in [0.25, 0.3) is 0 Å². The van der Waals surface area contributed by atoms with Crippen LogP contribution in [0.1, 0.15) is 39.5 Å². The van der Waals surface area contributed by atoms with Crippen LogP contribution in [0.5, 0.6) is 0 Å². The Kier molecular flexibility index (Phi) is 3.61. The fraction of sp³-hybridized carbons (Fsp3) is 0.846. The maximum Gasteiger partial charge on any atom is 0.308 e. The molecule has 0 saturated carbocycles. The molecule has 2 rings (SSSR count). The van der Waals surface area contributed by atoms with E-state index in [0.717, 1.165) is 12.8 Å². The first-order valence-electron chi connectivity index (χ1n) is 6.56. The van der Waals surface area contributed by atoms with Crippen LogP contribution in [0.25, 0.3) is 0 Å². The molecule has 0 aromatic carbocycles. The number of nitrogens with zero attached hydrogens (tertiary/aromatic N) is 1. The number of hydrogen-bond acceptors (Lipinski definition) is 3. The molecule has 0 aromatic rings. The molecule has 5 heteroatoms. The van der Waals surface area contributed by atoms with Crippen molar-refractivity contribution in [2.45, 2.75) is 51.2 Å². The highest BCUT2D eigenvalue weighted by Crippen LogP contribution is 2.30. The van der Waals surface area contributed by atoms with E-state index < -0.39 is 11.9 Å². The second-order valence-electron chi connectivity index (χ2n) is 5.91. The average molecular weight is 255 g/mol. The minimum atomic E-state index is -0.805. The highest BCUT2D eigenvalue weighted by atomic mass is 16.5. The van der Waals surface area contributed by atoms with E-state index >= 15 is 0 Å². The molecule has 0 bridgehead atoms. The van der Waals surface area contributed by atoms with Crippen molar-refractivity contribution in [3.8, 4) is 0 Å². The first-order valence-corrected chi connectivity index (χ1v) is 6.56. The summed E-state index contributed by atoms with van der Waals surface area (Å²) in [6, 6.07) is 0. The number of carbonyl (C=O) groups is 2. The van der Waals surface area contributed by atoms with E-state index in [-0.39, 0.29) is 17.6 Å². The monoisotopic (exact) mass is 255 g/mol. The molecule has 5 nitrogen and oxygen atoms in total. The smallest absolute Gasteiger partial charge is 0.308 e. The molecule has 1 amide bonds. The maximum absolute atomic E-state index is 11.8. The van der Waals surface area contributed by atoms with E-state index in [1.807, 2.05) is 13.8 Å². The van der Waals surface area contributed by atoms with Gasteiger partial charge in [-0.05, 0) is 33.1 Å². The molecular formula is C13H21NO4. The summed E-state index contributed by atoms with van der Waals surface area (Å²) in [7, 11) is 0. The Hall–Kier alpha value is -1.10. The fourth-order valence-corrected chi connectivity index (χ4v) is 2.74. The van der Waals surface area contributed by atoms with Gasteiger partial charge in [-0.2, -0.15) is 0 Å². The number of likely N-dealkylation sites (tertiary alicyclic amines) is 1. The first kappa shape index (κ1) is 13.3. The third-order valence-electron chi connectivity index (χ3n) is 3.83. The Morgan fingerprint density at radius 2 is 2.22 bits per heavy atom. The Labute approximate surface area is 107 Å². The SMILES string of the molecule is CC1(C)CCC(CN2CC(C(=O)O)CCC2=O)O1. The zero-order valence-electron chi connectivity index (χ0n) is 11.0. The molecular weight excluding hydrogens is 234 g/mol. The van der Waals surface area contributed by atoms with E-state index in [2.05, 4.69) is 0 Å². The molecule has 18 heavy (non-hydrogen) atoms. The molecule has 0 aromatic heterocycles. The number of carbonyl (C=O) groups excluding carboxylic acids is 1. The molecule has 102 valence electrons. The van der Waals surface area contributed by atoms with Crippen LogP contribution in [0, 0.1) is 5.92 Å². The van der Waals surface area contributed by atoms with Gasteiger partial charge in [-0.15, -0.1) is 0 Å². The summed E-state index contributed by atoms with van der Waals surface area (Å²) in [5, 5.41) is 9.02. The molecule has 0 spiro atoms.